The van der Waals surface area contributed by atoms with Crippen molar-refractivity contribution in [3.8, 4) is 5.75 Å². The first-order chi connectivity index (χ1) is 9.83. The van der Waals surface area contributed by atoms with E-state index in [4.69, 9.17) is 16.3 Å². The molecule has 98 valence electrons. The van der Waals surface area contributed by atoms with Crippen LogP contribution in [0.25, 0.3) is 10.9 Å². The lowest BCUT2D eigenvalue weighted by molar-refractivity contribution is 0.459. The van der Waals surface area contributed by atoms with Crippen molar-refractivity contribution in [3.63, 3.8) is 0 Å². The zero-order valence-electron chi connectivity index (χ0n) is 10.6. The van der Waals surface area contributed by atoms with E-state index in [0.29, 0.717) is 0 Å². The van der Waals surface area contributed by atoms with Crippen molar-refractivity contribution in [1.82, 2.24) is 4.98 Å². The molecule has 3 aromatic rings. The van der Waals surface area contributed by atoms with Gasteiger partial charge in [0.25, 0.3) is 0 Å². The highest BCUT2D eigenvalue weighted by Gasteiger charge is 2.21. The van der Waals surface area contributed by atoms with Gasteiger partial charge >= 0.3 is 0 Å². The number of aromatic nitrogens is 1. The van der Waals surface area contributed by atoms with E-state index in [2.05, 4.69) is 29.4 Å². The van der Waals surface area contributed by atoms with E-state index in [9.17, 15) is 0 Å². The molecule has 1 unspecified atom stereocenters. The average Bonchev–Trinajstić information content (AvgIpc) is 2.89. The van der Waals surface area contributed by atoms with Gasteiger partial charge in [-0.25, -0.2) is 0 Å². The molecular weight excluding hydrogens is 270 g/mol. The SMILES string of the molecule is Clc1ccc2c(C3C=COc4ccccc43)c[nH]c2c1. The lowest BCUT2D eigenvalue weighted by atomic mass is 9.89. The summed E-state index contributed by atoms with van der Waals surface area (Å²) in [4.78, 5) is 3.30. The summed E-state index contributed by atoms with van der Waals surface area (Å²) in [5.74, 6) is 1.12. The molecule has 0 spiro atoms. The Hall–Kier alpha value is -2.19. The molecule has 1 N–H and O–H groups in total. The summed E-state index contributed by atoms with van der Waals surface area (Å²) in [6.45, 7) is 0. The molecule has 0 aliphatic carbocycles. The van der Waals surface area contributed by atoms with Gasteiger partial charge in [0, 0.05) is 33.6 Å². The van der Waals surface area contributed by atoms with E-state index in [0.717, 1.165) is 16.3 Å². The molecule has 0 saturated carbocycles. The molecule has 0 bridgehead atoms. The summed E-state index contributed by atoms with van der Waals surface area (Å²) in [5.41, 5.74) is 3.49. The van der Waals surface area contributed by atoms with Crippen LogP contribution in [-0.2, 0) is 0 Å². The molecule has 20 heavy (non-hydrogen) atoms. The zero-order valence-corrected chi connectivity index (χ0v) is 11.4. The summed E-state index contributed by atoms with van der Waals surface area (Å²) >= 11 is 6.04. The van der Waals surface area contributed by atoms with E-state index >= 15 is 0 Å². The van der Waals surface area contributed by atoms with Crippen LogP contribution in [0.5, 0.6) is 5.75 Å². The van der Waals surface area contributed by atoms with Gasteiger partial charge in [-0.1, -0.05) is 35.9 Å². The Kier molecular flexibility index (Phi) is 2.57. The second-order valence-electron chi connectivity index (χ2n) is 4.90. The maximum Gasteiger partial charge on any atom is 0.130 e. The van der Waals surface area contributed by atoms with Crippen LogP contribution in [-0.4, -0.2) is 4.98 Å². The molecule has 0 fully saturated rings. The number of halogens is 1. The van der Waals surface area contributed by atoms with Crippen LogP contribution in [0.1, 0.15) is 17.0 Å². The van der Waals surface area contributed by atoms with Crippen molar-refractivity contribution in [2.45, 2.75) is 5.92 Å². The first-order valence-electron chi connectivity index (χ1n) is 6.52. The highest BCUT2D eigenvalue weighted by molar-refractivity contribution is 6.31. The summed E-state index contributed by atoms with van der Waals surface area (Å²) in [6.07, 6.45) is 5.90. The van der Waals surface area contributed by atoms with Crippen molar-refractivity contribution in [1.29, 1.82) is 0 Å². The summed E-state index contributed by atoms with van der Waals surface area (Å²) < 4.78 is 5.57. The number of benzene rings is 2. The van der Waals surface area contributed by atoms with Crippen molar-refractivity contribution < 1.29 is 4.74 Å². The quantitative estimate of drug-likeness (QED) is 0.677. The summed E-state index contributed by atoms with van der Waals surface area (Å²) in [7, 11) is 0. The minimum absolute atomic E-state index is 0.204. The number of H-pyrrole nitrogens is 1. The van der Waals surface area contributed by atoms with Crippen LogP contribution < -0.4 is 4.74 Å². The van der Waals surface area contributed by atoms with Gasteiger partial charge in [0.05, 0.1) is 6.26 Å². The predicted octanol–water partition coefficient (Wildman–Crippen LogP) is 4.86. The third-order valence-corrected chi connectivity index (χ3v) is 3.97. The largest absolute Gasteiger partial charge is 0.465 e. The van der Waals surface area contributed by atoms with Crippen molar-refractivity contribution in [2.24, 2.45) is 0 Å². The Labute approximate surface area is 121 Å². The Balaban J connectivity index is 1.91. The molecule has 2 nitrogen and oxygen atoms in total. The van der Waals surface area contributed by atoms with Crippen molar-refractivity contribution in [3.05, 3.63) is 77.1 Å². The number of ether oxygens (including phenoxy) is 1. The number of nitrogens with one attached hydrogen (secondary N) is 1. The maximum absolute atomic E-state index is 6.04. The van der Waals surface area contributed by atoms with Crippen LogP contribution >= 0.6 is 11.6 Å². The van der Waals surface area contributed by atoms with E-state index in [1.165, 1.54) is 16.5 Å². The van der Waals surface area contributed by atoms with Gasteiger partial charge < -0.3 is 9.72 Å². The average molecular weight is 282 g/mol. The Morgan fingerprint density at radius 1 is 1.05 bits per heavy atom. The van der Waals surface area contributed by atoms with E-state index in [1.54, 1.807) is 6.26 Å². The maximum atomic E-state index is 6.04. The number of hydrogen-bond donors (Lipinski definition) is 1. The minimum Gasteiger partial charge on any atom is -0.465 e. The molecular formula is C17H12ClNO. The molecule has 0 amide bonds. The first-order valence-corrected chi connectivity index (χ1v) is 6.89. The minimum atomic E-state index is 0.204. The number of allylic oxidation sites excluding steroid dienone is 1. The van der Waals surface area contributed by atoms with Gasteiger partial charge in [-0.05, 0) is 29.8 Å². The summed E-state index contributed by atoms with van der Waals surface area (Å²) in [5, 5.41) is 1.94. The van der Waals surface area contributed by atoms with Gasteiger partial charge in [0.2, 0.25) is 0 Å². The highest BCUT2D eigenvalue weighted by Crippen LogP contribution is 2.39. The fourth-order valence-corrected chi connectivity index (χ4v) is 2.96. The third-order valence-electron chi connectivity index (χ3n) is 3.73. The molecule has 0 radical (unpaired) electrons. The van der Waals surface area contributed by atoms with Crippen LogP contribution in [0, 0.1) is 0 Å². The van der Waals surface area contributed by atoms with Gasteiger partial charge in [-0.15, -0.1) is 0 Å². The molecule has 2 aromatic carbocycles. The fourth-order valence-electron chi connectivity index (χ4n) is 2.79. The van der Waals surface area contributed by atoms with Crippen molar-refractivity contribution >= 4 is 22.5 Å². The number of aromatic amines is 1. The molecule has 1 aliphatic rings. The molecule has 2 heterocycles. The van der Waals surface area contributed by atoms with Crippen LogP contribution in [0.15, 0.2) is 61.0 Å². The Morgan fingerprint density at radius 3 is 2.90 bits per heavy atom. The molecule has 1 atom stereocenters. The number of hydrogen-bond acceptors (Lipinski definition) is 1. The monoisotopic (exact) mass is 281 g/mol. The van der Waals surface area contributed by atoms with Crippen LogP contribution in [0.3, 0.4) is 0 Å². The number of para-hydroxylation sites is 1. The van der Waals surface area contributed by atoms with E-state index in [1.807, 2.05) is 30.3 Å². The molecule has 4 rings (SSSR count). The van der Waals surface area contributed by atoms with Gasteiger partial charge in [0.15, 0.2) is 0 Å². The Morgan fingerprint density at radius 2 is 1.95 bits per heavy atom. The lowest BCUT2D eigenvalue weighted by Crippen LogP contribution is -2.04. The van der Waals surface area contributed by atoms with Crippen LogP contribution in [0.4, 0.5) is 0 Å². The molecule has 1 aliphatic heterocycles. The van der Waals surface area contributed by atoms with Gasteiger partial charge in [-0.2, -0.15) is 0 Å². The smallest absolute Gasteiger partial charge is 0.130 e. The normalized spacial score (nSPS) is 16.9. The lowest BCUT2D eigenvalue weighted by Gasteiger charge is -2.20. The molecule has 0 saturated heterocycles. The summed E-state index contributed by atoms with van der Waals surface area (Å²) in [6, 6.07) is 14.1. The topological polar surface area (TPSA) is 25.0 Å². The molecule has 1 aromatic heterocycles. The number of rotatable bonds is 1. The first kappa shape index (κ1) is 11.6. The highest BCUT2D eigenvalue weighted by atomic mass is 35.5. The van der Waals surface area contributed by atoms with Crippen LogP contribution in [0.2, 0.25) is 5.02 Å². The molecule has 3 heteroatoms. The van der Waals surface area contributed by atoms with Gasteiger partial charge in [0.1, 0.15) is 5.75 Å². The van der Waals surface area contributed by atoms with Crippen molar-refractivity contribution in [2.75, 3.05) is 0 Å². The van der Waals surface area contributed by atoms with E-state index < -0.39 is 0 Å². The fraction of sp³-hybridized carbons (Fsp3) is 0.0588. The van der Waals surface area contributed by atoms with Gasteiger partial charge in [-0.3, -0.25) is 0 Å². The predicted molar refractivity (Wildman–Crippen MR) is 81.4 cm³/mol. The third kappa shape index (κ3) is 1.73. The zero-order chi connectivity index (χ0) is 13.5. The second kappa shape index (κ2) is 4.43. The Bertz CT molecular complexity index is 819. The second-order valence-corrected chi connectivity index (χ2v) is 5.33. The standard InChI is InChI=1S/C17H12ClNO/c18-11-5-6-13-15(10-19-16(13)9-11)12-7-8-20-17-4-2-1-3-14(12)17/h1-10,12,19H. The van der Waals surface area contributed by atoms with E-state index in [-0.39, 0.29) is 5.92 Å². The number of fused-ring (bicyclic) bond motifs is 2.